The van der Waals surface area contributed by atoms with Crippen molar-refractivity contribution in [3.63, 3.8) is 0 Å². The Morgan fingerprint density at radius 3 is 2.90 bits per heavy atom. The number of benzene rings is 1. The van der Waals surface area contributed by atoms with Crippen molar-refractivity contribution in [1.29, 1.82) is 0 Å². The minimum absolute atomic E-state index is 0.0435. The fraction of sp³-hybridized carbons (Fsp3) is 0.278. The van der Waals surface area contributed by atoms with Gasteiger partial charge in [-0.2, -0.15) is 5.10 Å². The van der Waals surface area contributed by atoms with Crippen molar-refractivity contribution in [2.75, 3.05) is 18.6 Å². The summed E-state index contributed by atoms with van der Waals surface area (Å²) < 4.78 is 21.0. The molecule has 30 heavy (non-hydrogen) atoms. The standard InChI is InChI=1S/C18H16ClFN6O4/c1-30-17(11-3-2-10(20)6-12(11)26(28)29)14-7-21-15-9-24(4-5-25(14)15)13-8-22-23-18(27)16(13)19/h2-3,6-8,17H,4-5,9H2,1H3,(H,23,27). The SMILES string of the molecule is COC(c1ccc(F)cc1[N+](=O)[O-])c1cnc2n1CCN(c1cn[nH]c(=O)c1Cl)C2. The molecule has 3 heterocycles. The predicted octanol–water partition coefficient (Wildman–Crippen LogP) is 2.42. The Labute approximate surface area is 174 Å². The summed E-state index contributed by atoms with van der Waals surface area (Å²) in [6.45, 7) is 1.33. The molecule has 0 saturated carbocycles. The molecule has 0 fully saturated rings. The molecule has 1 atom stereocenters. The number of aromatic amines is 1. The van der Waals surface area contributed by atoms with Gasteiger partial charge in [0, 0.05) is 20.2 Å². The van der Waals surface area contributed by atoms with E-state index in [0.717, 1.165) is 12.1 Å². The fourth-order valence-electron chi connectivity index (χ4n) is 3.60. The van der Waals surface area contributed by atoms with Crippen LogP contribution in [0, 0.1) is 15.9 Å². The number of imidazole rings is 1. The van der Waals surface area contributed by atoms with Crippen LogP contribution in [0.1, 0.15) is 23.2 Å². The number of nitro benzene ring substituents is 1. The fourth-order valence-corrected chi connectivity index (χ4v) is 3.81. The van der Waals surface area contributed by atoms with Crippen LogP contribution in [0.5, 0.6) is 0 Å². The van der Waals surface area contributed by atoms with Gasteiger partial charge in [-0.05, 0) is 12.1 Å². The highest BCUT2D eigenvalue weighted by molar-refractivity contribution is 6.32. The van der Waals surface area contributed by atoms with Crippen LogP contribution in [0.4, 0.5) is 15.8 Å². The second-order valence-electron chi connectivity index (χ2n) is 6.65. The van der Waals surface area contributed by atoms with Crippen molar-refractivity contribution in [1.82, 2.24) is 19.7 Å². The molecule has 1 N–H and O–H groups in total. The largest absolute Gasteiger partial charge is 0.370 e. The zero-order valence-electron chi connectivity index (χ0n) is 15.7. The van der Waals surface area contributed by atoms with E-state index in [4.69, 9.17) is 16.3 Å². The second kappa shape index (κ2) is 7.84. The Balaban J connectivity index is 1.69. The highest BCUT2D eigenvalue weighted by atomic mass is 35.5. The second-order valence-corrected chi connectivity index (χ2v) is 7.02. The van der Waals surface area contributed by atoms with Crippen LogP contribution in [-0.4, -0.2) is 38.3 Å². The normalized spacial score (nSPS) is 14.4. The molecular formula is C18H16ClFN6O4. The number of fused-ring (bicyclic) bond motifs is 1. The maximum absolute atomic E-state index is 13.5. The van der Waals surface area contributed by atoms with Gasteiger partial charge in [0.1, 0.15) is 22.8 Å². The van der Waals surface area contributed by atoms with E-state index in [1.165, 1.54) is 19.4 Å². The Bertz CT molecular complexity index is 1180. The van der Waals surface area contributed by atoms with Gasteiger partial charge in [0.05, 0.1) is 46.9 Å². The number of nitrogens with one attached hydrogen (secondary N) is 1. The molecule has 0 saturated heterocycles. The molecule has 0 amide bonds. The first kappa shape index (κ1) is 20.0. The summed E-state index contributed by atoms with van der Waals surface area (Å²) >= 11 is 6.10. The number of ether oxygens (including phenoxy) is 1. The van der Waals surface area contributed by atoms with Gasteiger partial charge in [0.15, 0.2) is 0 Å². The number of H-pyrrole nitrogens is 1. The van der Waals surface area contributed by atoms with Gasteiger partial charge in [-0.15, -0.1) is 0 Å². The first-order chi connectivity index (χ1) is 14.4. The van der Waals surface area contributed by atoms with E-state index in [9.17, 15) is 19.3 Å². The lowest BCUT2D eigenvalue weighted by Crippen LogP contribution is -2.35. The number of hydrogen-bond donors (Lipinski definition) is 1. The molecule has 0 spiro atoms. The third kappa shape index (κ3) is 3.42. The number of aromatic nitrogens is 4. The summed E-state index contributed by atoms with van der Waals surface area (Å²) in [7, 11) is 1.43. The Morgan fingerprint density at radius 1 is 1.37 bits per heavy atom. The van der Waals surface area contributed by atoms with Gasteiger partial charge in [0.25, 0.3) is 11.2 Å². The third-order valence-electron chi connectivity index (χ3n) is 4.99. The van der Waals surface area contributed by atoms with Crippen molar-refractivity contribution < 1.29 is 14.1 Å². The molecule has 1 aromatic carbocycles. The monoisotopic (exact) mass is 434 g/mol. The van der Waals surface area contributed by atoms with Crippen LogP contribution in [-0.2, 0) is 17.8 Å². The number of hydrogen-bond acceptors (Lipinski definition) is 7. The predicted molar refractivity (Wildman–Crippen MR) is 105 cm³/mol. The lowest BCUT2D eigenvalue weighted by atomic mass is 10.0. The maximum atomic E-state index is 13.5. The van der Waals surface area contributed by atoms with Crippen LogP contribution in [0.25, 0.3) is 0 Å². The molecule has 156 valence electrons. The summed E-state index contributed by atoms with van der Waals surface area (Å²) in [6, 6.07) is 3.38. The molecule has 1 unspecified atom stereocenters. The third-order valence-corrected chi connectivity index (χ3v) is 5.35. The molecule has 1 aliphatic rings. The average molecular weight is 435 g/mol. The van der Waals surface area contributed by atoms with Crippen molar-refractivity contribution >= 4 is 23.0 Å². The van der Waals surface area contributed by atoms with Crippen molar-refractivity contribution in [3.05, 3.63) is 79.0 Å². The highest BCUT2D eigenvalue weighted by Gasteiger charge is 2.30. The lowest BCUT2D eigenvalue weighted by molar-refractivity contribution is -0.386. The summed E-state index contributed by atoms with van der Waals surface area (Å²) in [5, 5.41) is 17.5. The smallest absolute Gasteiger partial charge is 0.285 e. The summed E-state index contributed by atoms with van der Waals surface area (Å²) in [5.74, 6) is -0.0333. The zero-order valence-corrected chi connectivity index (χ0v) is 16.5. The Hall–Kier alpha value is -3.31. The van der Waals surface area contributed by atoms with Crippen LogP contribution < -0.4 is 10.5 Å². The molecule has 3 aromatic rings. The Kier molecular flexibility index (Phi) is 5.22. The minimum Gasteiger partial charge on any atom is -0.370 e. The first-order valence-electron chi connectivity index (χ1n) is 8.89. The van der Waals surface area contributed by atoms with Crippen LogP contribution >= 0.6 is 11.6 Å². The van der Waals surface area contributed by atoms with E-state index in [0.29, 0.717) is 36.8 Å². The van der Waals surface area contributed by atoms with Crippen molar-refractivity contribution in [2.24, 2.45) is 0 Å². The molecule has 0 aliphatic carbocycles. The van der Waals surface area contributed by atoms with E-state index in [1.54, 1.807) is 6.20 Å². The maximum Gasteiger partial charge on any atom is 0.285 e. The summed E-state index contributed by atoms with van der Waals surface area (Å²) in [5.41, 5.74) is 0.490. The average Bonchev–Trinajstić information content (AvgIpc) is 3.14. The molecule has 4 rings (SSSR count). The van der Waals surface area contributed by atoms with E-state index >= 15 is 0 Å². The van der Waals surface area contributed by atoms with Gasteiger partial charge in [-0.1, -0.05) is 11.6 Å². The number of anilines is 1. The van der Waals surface area contributed by atoms with E-state index in [2.05, 4.69) is 15.2 Å². The zero-order chi connectivity index (χ0) is 21.4. The van der Waals surface area contributed by atoms with E-state index < -0.39 is 22.4 Å². The lowest BCUT2D eigenvalue weighted by Gasteiger charge is -2.31. The van der Waals surface area contributed by atoms with E-state index in [1.807, 2.05) is 9.47 Å². The van der Waals surface area contributed by atoms with Gasteiger partial charge in [-0.25, -0.2) is 14.5 Å². The van der Waals surface area contributed by atoms with Gasteiger partial charge in [-0.3, -0.25) is 14.9 Å². The number of nitro groups is 1. The number of halogens is 2. The van der Waals surface area contributed by atoms with Crippen LogP contribution in [0.2, 0.25) is 5.02 Å². The summed E-state index contributed by atoms with van der Waals surface area (Å²) in [4.78, 5) is 28.8. The van der Waals surface area contributed by atoms with Crippen molar-refractivity contribution in [3.8, 4) is 0 Å². The number of nitrogens with zero attached hydrogens (tertiary/aromatic N) is 5. The first-order valence-corrected chi connectivity index (χ1v) is 9.27. The minimum atomic E-state index is -0.802. The molecule has 0 radical (unpaired) electrons. The molecule has 2 aromatic heterocycles. The quantitative estimate of drug-likeness (QED) is 0.483. The molecule has 12 heteroatoms. The van der Waals surface area contributed by atoms with Gasteiger partial charge < -0.3 is 14.2 Å². The molecule has 1 aliphatic heterocycles. The summed E-state index contributed by atoms with van der Waals surface area (Å²) in [6.07, 6.45) is 2.25. The van der Waals surface area contributed by atoms with Crippen LogP contribution in [0.3, 0.4) is 0 Å². The molecule has 10 nitrogen and oxygen atoms in total. The number of rotatable bonds is 5. The topological polar surface area (TPSA) is 119 Å². The van der Waals surface area contributed by atoms with Gasteiger partial charge in [0.2, 0.25) is 0 Å². The van der Waals surface area contributed by atoms with E-state index in [-0.39, 0.29) is 16.3 Å². The Morgan fingerprint density at radius 2 is 2.17 bits per heavy atom. The molecule has 0 bridgehead atoms. The molecular weight excluding hydrogens is 419 g/mol. The van der Waals surface area contributed by atoms with Gasteiger partial charge >= 0.3 is 0 Å². The van der Waals surface area contributed by atoms with Crippen LogP contribution in [0.15, 0.2) is 35.4 Å². The number of methoxy groups -OCH3 is 1. The highest BCUT2D eigenvalue weighted by Crippen LogP contribution is 2.35. The van der Waals surface area contributed by atoms with Crippen molar-refractivity contribution in [2.45, 2.75) is 19.2 Å².